The van der Waals surface area contributed by atoms with Crippen LogP contribution in [0.5, 0.6) is 0 Å². The highest BCUT2D eigenvalue weighted by Gasteiger charge is 2.38. The smallest absolute Gasteiger partial charge is 0.329 e. The molecule has 1 aromatic carbocycles. The zero-order chi connectivity index (χ0) is 18.7. The van der Waals surface area contributed by atoms with Crippen LogP contribution in [0.2, 0.25) is 0 Å². The Labute approximate surface area is 147 Å². The van der Waals surface area contributed by atoms with Crippen LogP contribution in [0.4, 0.5) is 13.2 Å². The molecule has 1 heterocycles. The predicted molar refractivity (Wildman–Crippen MR) is 84.3 cm³/mol. The molecular weight excluding hydrogens is 351 g/mol. The molecule has 0 N–H and O–H groups in total. The zero-order valence-electron chi connectivity index (χ0n) is 14.1. The van der Waals surface area contributed by atoms with Gasteiger partial charge >= 0.3 is 12.1 Å². The van der Waals surface area contributed by atoms with Crippen molar-refractivity contribution in [3.8, 4) is 11.4 Å². The second kappa shape index (κ2) is 7.45. The van der Waals surface area contributed by atoms with Crippen molar-refractivity contribution in [1.29, 1.82) is 0 Å². The Hall–Kier alpha value is -2.42. The fourth-order valence-electron chi connectivity index (χ4n) is 2.41. The largest absolute Gasteiger partial charge is 0.471 e. The van der Waals surface area contributed by atoms with Gasteiger partial charge in [-0.15, -0.1) is 0 Å². The molecule has 0 aliphatic heterocycles. The first-order valence-electron chi connectivity index (χ1n) is 8.30. The summed E-state index contributed by atoms with van der Waals surface area (Å²) in [4.78, 5) is 21.0. The molecule has 0 unspecified atom stereocenters. The van der Waals surface area contributed by atoms with Crippen molar-refractivity contribution in [2.24, 2.45) is 5.92 Å². The van der Waals surface area contributed by atoms with E-state index in [1.165, 1.54) is 5.06 Å². The average molecular weight is 369 g/mol. The van der Waals surface area contributed by atoms with Crippen molar-refractivity contribution in [3.63, 3.8) is 0 Å². The molecule has 1 amide bonds. The van der Waals surface area contributed by atoms with Gasteiger partial charge in [-0.05, 0) is 31.2 Å². The number of halogens is 3. The first-order valence-corrected chi connectivity index (χ1v) is 8.30. The van der Waals surface area contributed by atoms with Crippen molar-refractivity contribution in [2.75, 3.05) is 6.61 Å². The Balaban J connectivity index is 1.67. The number of benzene rings is 1. The Bertz CT molecular complexity index is 755. The monoisotopic (exact) mass is 369 g/mol. The number of nitrogens with zero attached hydrogens (tertiary/aromatic N) is 3. The van der Waals surface area contributed by atoms with E-state index in [1.807, 2.05) is 0 Å². The van der Waals surface area contributed by atoms with E-state index < -0.39 is 12.1 Å². The number of amides is 1. The van der Waals surface area contributed by atoms with Gasteiger partial charge in [0.25, 0.3) is 0 Å². The highest BCUT2D eigenvalue weighted by atomic mass is 19.4. The lowest BCUT2D eigenvalue weighted by Crippen LogP contribution is -2.31. The van der Waals surface area contributed by atoms with Gasteiger partial charge in [0.05, 0.1) is 13.2 Å². The third-order valence-electron chi connectivity index (χ3n) is 3.93. The van der Waals surface area contributed by atoms with Crippen molar-refractivity contribution >= 4 is 5.91 Å². The van der Waals surface area contributed by atoms with Crippen LogP contribution in [0.15, 0.2) is 28.8 Å². The minimum absolute atomic E-state index is 0.0635. The number of aromatic nitrogens is 2. The van der Waals surface area contributed by atoms with E-state index >= 15 is 0 Å². The second-order valence-electron chi connectivity index (χ2n) is 6.11. The summed E-state index contributed by atoms with van der Waals surface area (Å²) >= 11 is 0. The van der Waals surface area contributed by atoms with E-state index in [9.17, 15) is 18.0 Å². The molecule has 1 aliphatic carbocycles. The number of hydrogen-bond acceptors (Lipinski definition) is 5. The average Bonchev–Trinajstić information content (AvgIpc) is 3.25. The molecule has 26 heavy (non-hydrogen) atoms. The molecule has 6 nitrogen and oxygen atoms in total. The normalized spacial score (nSPS) is 14.5. The minimum Gasteiger partial charge on any atom is -0.329 e. The fraction of sp³-hybridized carbons (Fsp3) is 0.471. The number of carbonyl (C=O) groups excluding carboxylic acids is 1. The van der Waals surface area contributed by atoms with Gasteiger partial charge in [0, 0.05) is 12.0 Å². The predicted octanol–water partition coefficient (Wildman–Crippen LogP) is 3.84. The number of carbonyl (C=O) groups is 1. The van der Waals surface area contributed by atoms with Crippen LogP contribution in [0.1, 0.15) is 37.6 Å². The molecule has 1 aliphatic rings. The summed E-state index contributed by atoms with van der Waals surface area (Å²) in [6.45, 7) is 2.44. The number of hydroxylamine groups is 2. The molecule has 0 spiro atoms. The third-order valence-corrected chi connectivity index (χ3v) is 3.93. The van der Waals surface area contributed by atoms with Crippen molar-refractivity contribution in [1.82, 2.24) is 15.2 Å². The van der Waals surface area contributed by atoms with Gasteiger partial charge in [-0.25, -0.2) is 5.06 Å². The maximum absolute atomic E-state index is 12.5. The molecule has 0 radical (unpaired) electrons. The van der Waals surface area contributed by atoms with Crippen molar-refractivity contribution in [2.45, 2.75) is 38.9 Å². The van der Waals surface area contributed by atoms with Crippen LogP contribution in [0.25, 0.3) is 11.4 Å². The van der Waals surface area contributed by atoms with Crippen LogP contribution < -0.4 is 0 Å². The van der Waals surface area contributed by atoms with Crippen molar-refractivity contribution < 1.29 is 27.3 Å². The summed E-state index contributed by atoms with van der Waals surface area (Å²) in [7, 11) is 0. The molecule has 9 heteroatoms. The zero-order valence-corrected chi connectivity index (χ0v) is 14.1. The molecule has 2 aromatic rings. The highest BCUT2D eigenvalue weighted by Crippen LogP contribution is 2.33. The maximum Gasteiger partial charge on any atom is 0.471 e. The summed E-state index contributed by atoms with van der Waals surface area (Å²) in [5.74, 6) is -1.14. The molecule has 0 bridgehead atoms. The lowest BCUT2D eigenvalue weighted by atomic mass is 10.1. The highest BCUT2D eigenvalue weighted by molar-refractivity contribution is 5.75. The van der Waals surface area contributed by atoms with Crippen molar-refractivity contribution in [3.05, 3.63) is 35.7 Å². The molecule has 0 saturated heterocycles. The molecule has 1 aromatic heterocycles. The summed E-state index contributed by atoms with van der Waals surface area (Å²) in [6.07, 6.45) is -2.05. The number of rotatable bonds is 7. The Morgan fingerprint density at radius 2 is 2.00 bits per heavy atom. The summed E-state index contributed by atoms with van der Waals surface area (Å²) < 4.78 is 41.8. The summed E-state index contributed by atoms with van der Waals surface area (Å²) in [5, 5.41) is 4.68. The SMILES string of the molecule is CCON(Cc1ccc(-c2noc(C(F)(F)F)n2)cc1)C(=O)CC1CC1. The lowest BCUT2D eigenvalue weighted by Gasteiger charge is -2.21. The molecule has 140 valence electrons. The summed E-state index contributed by atoms with van der Waals surface area (Å²) in [5.41, 5.74) is 1.17. The first kappa shape index (κ1) is 18.4. The van der Waals surface area contributed by atoms with Crippen LogP contribution >= 0.6 is 0 Å². The van der Waals surface area contributed by atoms with Crippen LogP contribution in [0, 0.1) is 5.92 Å². The Morgan fingerprint density at radius 1 is 1.31 bits per heavy atom. The van der Waals surface area contributed by atoms with Gasteiger partial charge < -0.3 is 4.52 Å². The molecule has 1 saturated carbocycles. The third kappa shape index (κ3) is 4.60. The molecular formula is C17H18F3N3O3. The van der Waals surface area contributed by atoms with Gasteiger partial charge in [-0.1, -0.05) is 29.4 Å². The quantitative estimate of drug-likeness (QED) is 0.694. The Morgan fingerprint density at radius 3 is 2.54 bits per heavy atom. The van der Waals surface area contributed by atoms with Gasteiger partial charge in [-0.3, -0.25) is 9.63 Å². The standard InChI is InChI=1S/C17H18F3N3O3/c1-2-25-23(14(24)9-11-3-4-11)10-12-5-7-13(8-6-12)15-21-16(26-22-15)17(18,19)20/h5-8,11H,2-4,9-10H2,1H3. The lowest BCUT2D eigenvalue weighted by molar-refractivity contribution is -0.189. The van der Waals surface area contributed by atoms with Crippen LogP contribution in [-0.4, -0.2) is 27.7 Å². The number of alkyl halides is 3. The van der Waals surface area contributed by atoms with Gasteiger partial charge in [0.1, 0.15) is 0 Å². The maximum atomic E-state index is 12.5. The van der Waals surface area contributed by atoms with Crippen LogP contribution in [-0.2, 0) is 22.4 Å². The Kier molecular flexibility index (Phi) is 5.26. The second-order valence-corrected chi connectivity index (χ2v) is 6.11. The van der Waals surface area contributed by atoms with E-state index in [-0.39, 0.29) is 18.3 Å². The summed E-state index contributed by atoms with van der Waals surface area (Å²) in [6, 6.07) is 6.54. The van der Waals surface area contributed by atoms with Gasteiger partial charge in [0.15, 0.2) is 0 Å². The molecule has 0 atom stereocenters. The van der Waals surface area contributed by atoms with E-state index in [4.69, 9.17) is 4.84 Å². The topological polar surface area (TPSA) is 68.5 Å². The fourth-order valence-corrected chi connectivity index (χ4v) is 2.41. The minimum atomic E-state index is -4.68. The number of hydrogen-bond donors (Lipinski definition) is 0. The first-order chi connectivity index (χ1) is 12.4. The van der Waals surface area contributed by atoms with Crippen LogP contribution in [0.3, 0.4) is 0 Å². The van der Waals surface area contributed by atoms with E-state index in [1.54, 1.807) is 31.2 Å². The molecule has 3 rings (SSSR count). The van der Waals surface area contributed by atoms with Gasteiger partial charge in [-0.2, -0.15) is 18.2 Å². The molecule has 1 fully saturated rings. The van der Waals surface area contributed by atoms with Gasteiger partial charge in [0.2, 0.25) is 11.7 Å². The van der Waals surface area contributed by atoms with E-state index in [2.05, 4.69) is 14.7 Å². The van der Waals surface area contributed by atoms with E-state index in [0.717, 1.165) is 18.4 Å². The van der Waals surface area contributed by atoms with E-state index in [0.29, 0.717) is 24.5 Å².